The Bertz CT molecular complexity index is 1100. The normalized spacial score (nSPS) is 10.8. The van der Waals surface area contributed by atoms with Gasteiger partial charge in [-0.3, -0.25) is 19.4 Å². The van der Waals surface area contributed by atoms with Gasteiger partial charge in [-0.2, -0.15) is 0 Å². The molecule has 0 saturated heterocycles. The summed E-state index contributed by atoms with van der Waals surface area (Å²) in [6.07, 6.45) is 4.35. The van der Waals surface area contributed by atoms with E-state index < -0.39 is 17.4 Å². The number of carbonyl (C=O) groups excluding carboxylic acids is 3. The van der Waals surface area contributed by atoms with Crippen molar-refractivity contribution in [3.05, 3.63) is 60.9 Å². The van der Waals surface area contributed by atoms with E-state index in [0.717, 1.165) is 0 Å². The Morgan fingerprint density at radius 1 is 1.12 bits per heavy atom. The van der Waals surface area contributed by atoms with Crippen molar-refractivity contribution in [1.29, 1.82) is 0 Å². The van der Waals surface area contributed by atoms with E-state index in [-0.39, 0.29) is 18.1 Å². The summed E-state index contributed by atoms with van der Waals surface area (Å²) in [6.45, 7) is 3.47. The van der Waals surface area contributed by atoms with Gasteiger partial charge in [0.05, 0.1) is 24.4 Å². The largest absolute Gasteiger partial charge is 0.496 e. The van der Waals surface area contributed by atoms with Crippen molar-refractivity contribution in [1.82, 2.24) is 20.6 Å². The molecule has 0 fully saturated rings. The first-order valence-electron chi connectivity index (χ1n) is 9.69. The predicted molar refractivity (Wildman–Crippen MR) is 116 cm³/mol. The summed E-state index contributed by atoms with van der Waals surface area (Å²) < 4.78 is 10.6. The highest BCUT2D eigenvalue weighted by atomic mass is 16.5. The van der Waals surface area contributed by atoms with Crippen LogP contribution in [-0.2, 0) is 9.59 Å². The number of nitrogens with zero attached hydrogens (tertiary/aromatic N) is 2. The van der Waals surface area contributed by atoms with Crippen LogP contribution in [0, 0.1) is 0 Å². The standard InChI is InChI=1S/C22H23N5O5/c1-22(2,12-25-19(28)16-6-4-5-9-24-16)27-21(30)20(29)26-14-7-8-15(17(10-14)31-3)18-11-23-13-32-18/h4-11,13H,12H2,1-3H3,(H,25,28)(H,26,29)(H,27,30). The number of oxazole rings is 1. The highest BCUT2D eigenvalue weighted by Crippen LogP contribution is 2.32. The third-order valence-electron chi connectivity index (χ3n) is 4.40. The molecule has 0 atom stereocenters. The van der Waals surface area contributed by atoms with Crippen LogP contribution in [0.15, 0.2) is 59.6 Å². The van der Waals surface area contributed by atoms with Gasteiger partial charge >= 0.3 is 11.8 Å². The summed E-state index contributed by atoms with van der Waals surface area (Å²) in [5.74, 6) is -1.13. The zero-order chi connectivity index (χ0) is 23.1. The maximum atomic E-state index is 12.4. The van der Waals surface area contributed by atoms with Crippen LogP contribution in [0.2, 0.25) is 0 Å². The first-order chi connectivity index (χ1) is 15.3. The van der Waals surface area contributed by atoms with Crippen LogP contribution in [0.5, 0.6) is 5.75 Å². The van der Waals surface area contributed by atoms with Gasteiger partial charge in [0.25, 0.3) is 5.91 Å². The molecule has 2 heterocycles. The Kier molecular flexibility index (Phi) is 6.83. The van der Waals surface area contributed by atoms with Crippen molar-refractivity contribution in [2.75, 3.05) is 19.0 Å². The summed E-state index contributed by atoms with van der Waals surface area (Å²) in [4.78, 5) is 44.7. The molecule has 0 radical (unpaired) electrons. The molecule has 2 aromatic heterocycles. The average Bonchev–Trinajstić information content (AvgIpc) is 3.32. The van der Waals surface area contributed by atoms with Gasteiger partial charge in [-0.05, 0) is 38.1 Å². The van der Waals surface area contributed by atoms with Crippen molar-refractivity contribution in [3.63, 3.8) is 0 Å². The lowest BCUT2D eigenvalue weighted by Crippen LogP contribution is -2.54. The van der Waals surface area contributed by atoms with E-state index in [4.69, 9.17) is 9.15 Å². The number of ether oxygens (including phenoxy) is 1. The number of rotatable bonds is 7. The molecule has 3 amide bonds. The molecule has 0 unspecified atom stereocenters. The lowest BCUT2D eigenvalue weighted by Gasteiger charge is -2.26. The number of pyridine rings is 1. The molecule has 10 heteroatoms. The zero-order valence-electron chi connectivity index (χ0n) is 17.8. The van der Waals surface area contributed by atoms with Crippen LogP contribution in [0.4, 0.5) is 5.69 Å². The second kappa shape index (κ2) is 9.73. The fourth-order valence-electron chi connectivity index (χ4n) is 2.81. The molecular weight excluding hydrogens is 414 g/mol. The summed E-state index contributed by atoms with van der Waals surface area (Å²) in [7, 11) is 1.48. The average molecular weight is 437 g/mol. The van der Waals surface area contributed by atoms with Crippen molar-refractivity contribution < 1.29 is 23.5 Å². The Balaban J connectivity index is 1.58. The topological polar surface area (TPSA) is 135 Å². The number of hydrogen-bond donors (Lipinski definition) is 3. The molecule has 1 aromatic carbocycles. The van der Waals surface area contributed by atoms with Crippen LogP contribution in [0.3, 0.4) is 0 Å². The quantitative estimate of drug-likeness (QED) is 0.481. The smallest absolute Gasteiger partial charge is 0.313 e. The summed E-state index contributed by atoms with van der Waals surface area (Å²) in [5, 5.41) is 7.82. The lowest BCUT2D eigenvalue weighted by molar-refractivity contribution is -0.137. The molecule has 0 aliphatic heterocycles. The molecule has 3 N–H and O–H groups in total. The van der Waals surface area contributed by atoms with Crippen LogP contribution in [0.25, 0.3) is 11.3 Å². The van der Waals surface area contributed by atoms with E-state index in [1.165, 1.54) is 25.9 Å². The first kappa shape index (κ1) is 22.5. The maximum Gasteiger partial charge on any atom is 0.313 e. The Hall–Kier alpha value is -4.21. The van der Waals surface area contributed by atoms with Crippen LogP contribution in [0.1, 0.15) is 24.3 Å². The van der Waals surface area contributed by atoms with Gasteiger partial charge in [0.2, 0.25) is 0 Å². The lowest BCUT2D eigenvalue weighted by atomic mass is 10.1. The van der Waals surface area contributed by atoms with Crippen LogP contribution >= 0.6 is 0 Å². The Labute approximate surface area is 184 Å². The molecule has 0 bridgehead atoms. The first-order valence-corrected chi connectivity index (χ1v) is 9.69. The molecule has 0 aliphatic carbocycles. The molecule has 0 aliphatic rings. The van der Waals surface area contributed by atoms with Crippen molar-refractivity contribution in [2.45, 2.75) is 19.4 Å². The number of hydrogen-bond acceptors (Lipinski definition) is 7. The van der Waals surface area contributed by atoms with Gasteiger partial charge in [-0.25, -0.2) is 4.98 Å². The minimum Gasteiger partial charge on any atom is -0.496 e. The molecule has 10 nitrogen and oxygen atoms in total. The second-order valence-electron chi connectivity index (χ2n) is 7.47. The van der Waals surface area contributed by atoms with Crippen molar-refractivity contribution in [3.8, 4) is 17.1 Å². The zero-order valence-corrected chi connectivity index (χ0v) is 17.8. The molecular formula is C22H23N5O5. The number of aromatic nitrogens is 2. The summed E-state index contributed by atoms with van der Waals surface area (Å²) >= 11 is 0. The number of amides is 3. The van der Waals surface area contributed by atoms with Gasteiger partial charge in [0.15, 0.2) is 12.2 Å². The molecule has 3 rings (SSSR count). The van der Waals surface area contributed by atoms with Crippen molar-refractivity contribution in [2.24, 2.45) is 0 Å². The number of methoxy groups -OCH3 is 1. The third kappa shape index (κ3) is 5.69. The van der Waals surface area contributed by atoms with E-state index in [9.17, 15) is 14.4 Å². The number of carbonyl (C=O) groups is 3. The SMILES string of the molecule is COc1cc(NC(=O)C(=O)NC(C)(C)CNC(=O)c2ccccn2)ccc1-c1cnco1. The minimum absolute atomic E-state index is 0.0983. The maximum absolute atomic E-state index is 12.4. The van der Waals surface area contributed by atoms with Gasteiger partial charge in [0.1, 0.15) is 11.4 Å². The van der Waals surface area contributed by atoms with Crippen LogP contribution in [-0.4, -0.2) is 46.9 Å². The van der Waals surface area contributed by atoms with Crippen LogP contribution < -0.4 is 20.7 Å². The summed E-state index contributed by atoms with van der Waals surface area (Å²) in [6, 6.07) is 9.86. The number of nitrogens with one attached hydrogen (secondary N) is 3. The van der Waals surface area contributed by atoms with Gasteiger partial charge < -0.3 is 25.1 Å². The number of anilines is 1. The molecule has 166 valence electrons. The highest BCUT2D eigenvalue weighted by Gasteiger charge is 2.25. The van der Waals surface area contributed by atoms with E-state index in [1.54, 1.807) is 50.2 Å². The molecule has 3 aromatic rings. The molecule has 0 saturated carbocycles. The van der Waals surface area contributed by atoms with E-state index >= 15 is 0 Å². The molecule has 0 spiro atoms. The van der Waals surface area contributed by atoms with Crippen molar-refractivity contribution >= 4 is 23.4 Å². The fraction of sp³-hybridized carbons (Fsp3) is 0.227. The van der Waals surface area contributed by atoms with E-state index in [2.05, 4.69) is 25.9 Å². The highest BCUT2D eigenvalue weighted by molar-refractivity contribution is 6.39. The Morgan fingerprint density at radius 2 is 1.94 bits per heavy atom. The monoisotopic (exact) mass is 437 g/mol. The predicted octanol–water partition coefficient (Wildman–Crippen LogP) is 2.01. The summed E-state index contributed by atoms with van der Waals surface area (Å²) in [5.41, 5.74) is 0.394. The van der Waals surface area contributed by atoms with Gasteiger partial charge in [-0.15, -0.1) is 0 Å². The second-order valence-corrected chi connectivity index (χ2v) is 7.47. The Morgan fingerprint density at radius 3 is 2.59 bits per heavy atom. The van der Waals surface area contributed by atoms with Gasteiger partial charge in [0, 0.05) is 24.5 Å². The van der Waals surface area contributed by atoms with E-state index in [0.29, 0.717) is 22.8 Å². The van der Waals surface area contributed by atoms with E-state index in [1.807, 2.05) is 0 Å². The number of benzene rings is 1. The molecule has 32 heavy (non-hydrogen) atoms. The third-order valence-corrected chi connectivity index (χ3v) is 4.40. The fourth-order valence-corrected chi connectivity index (χ4v) is 2.81. The minimum atomic E-state index is -0.882. The van der Waals surface area contributed by atoms with Gasteiger partial charge in [-0.1, -0.05) is 6.07 Å².